The number of hydrogen-bond donors (Lipinski definition) is 1. The lowest BCUT2D eigenvalue weighted by atomic mass is 9.90. The maximum absolute atomic E-state index is 11.0. The van der Waals surface area contributed by atoms with Crippen LogP contribution in [0, 0.1) is 0 Å². The van der Waals surface area contributed by atoms with Gasteiger partial charge in [0.15, 0.2) is 0 Å². The van der Waals surface area contributed by atoms with Crippen LogP contribution in [0.4, 0.5) is 0 Å². The van der Waals surface area contributed by atoms with Crippen molar-refractivity contribution >= 4 is 5.97 Å². The Bertz CT molecular complexity index is 624. The van der Waals surface area contributed by atoms with Crippen LogP contribution in [0.15, 0.2) is 54.1 Å². The molecular weight excluding hydrogens is 300 g/mol. The lowest BCUT2D eigenvalue weighted by Crippen LogP contribution is -2.54. The highest BCUT2D eigenvalue weighted by atomic mass is 16.4. The first-order chi connectivity index (χ1) is 11.6. The first-order valence-electron chi connectivity index (χ1n) is 8.75. The number of aliphatic carboxylic acids is 1. The van der Waals surface area contributed by atoms with Crippen molar-refractivity contribution in [2.75, 3.05) is 26.2 Å². The number of carboxylic acid groups (broad SMARTS) is 1. The van der Waals surface area contributed by atoms with Gasteiger partial charge in [0.05, 0.1) is 12.6 Å². The average Bonchev–Trinajstić information content (AvgIpc) is 2.59. The molecule has 0 spiro atoms. The molecule has 1 unspecified atom stereocenters. The topological polar surface area (TPSA) is 43.8 Å². The van der Waals surface area contributed by atoms with Gasteiger partial charge < -0.3 is 5.11 Å². The van der Waals surface area contributed by atoms with Crippen LogP contribution in [-0.2, 0) is 4.79 Å². The smallest absolute Gasteiger partial charge is 0.317 e. The number of piperazine rings is 1. The lowest BCUT2D eigenvalue weighted by molar-refractivity contribution is -0.139. The molecule has 0 radical (unpaired) electrons. The van der Waals surface area contributed by atoms with E-state index in [9.17, 15) is 4.79 Å². The van der Waals surface area contributed by atoms with Gasteiger partial charge in [0.2, 0.25) is 0 Å². The second-order valence-corrected chi connectivity index (χ2v) is 6.73. The predicted octanol–water partition coefficient (Wildman–Crippen LogP) is 3.09. The van der Waals surface area contributed by atoms with Crippen molar-refractivity contribution in [3.8, 4) is 0 Å². The highest BCUT2D eigenvalue weighted by Gasteiger charge is 2.31. The summed E-state index contributed by atoms with van der Waals surface area (Å²) in [6.45, 7) is 4.87. The summed E-state index contributed by atoms with van der Waals surface area (Å²) >= 11 is 0. The van der Waals surface area contributed by atoms with Crippen LogP contribution >= 0.6 is 0 Å². The summed E-state index contributed by atoms with van der Waals surface area (Å²) in [5, 5.41) is 9.07. The third-order valence-corrected chi connectivity index (χ3v) is 5.01. The summed E-state index contributed by atoms with van der Waals surface area (Å²) in [6, 6.07) is 11.2. The van der Waals surface area contributed by atoms with Crippen LogP contribution in [0.2, 0.25) is 0 Å². The maximum Gasteiger partial charge on any atom is 0.317 e. The molecule has 1 fully saturated rings. The Labute approximate surface area is 144 Å². The number of nitrogens with zero attached hydrogens (tertiary/aromatic N) is 2. The van der Waals surface area contributed by atoms with Crippen LogP contribution in [0.3, 0.4) is 0 Å². The monoisotopic (exact) mass is 326 g/mol. The van der Waals surface area contributed by atoms with Crippen LogP contribution < -0.4 is 0 Å². The summed E-state index contributed by atoms with van der Waals surface area (Å²) in [7, 11) is 0. The number of rotatable bonds is 5. The summed E-state index contributed by atoms with van der Waals surface area (Å²) < 4.78 is 0. The van der Waals surface area contributed by atoms with Gasteiger partial charge in [0.1, 0.15) is 0 Å². The molecule has 0 saturated carbocycles. The van der Waals surface area contributed by atoms with Gasteiger partial charge in [0.25, 0.3) is 0 Å². The Kier molecular flexibility index (Phi) is 5.48. The first-order valence-corrected chi connectivity index (χ1v) is 8.75. The van der Waals surface area contributed by atoms with Gasteiger partial charge in [0, 0.05) is 25.7 Å². The quantitative estimate of drug-likeness (QED) is 0.903. The molecule has 0 bridgehead atoms. The van der Waals surface area contributed by atoms with Gasteiger partial charge in [-0.2, -0.15) is 0 Å². The molecule has 1 aliphatic heterocycles. The van der Waals surface area contributed by atoms with E-state index in [2.05, 4.69) is 65.3 Å². The highest BCUT2D eigenvalue weighted by Crippen LogP contribution is 2.34. The number of benzene rings is 1. The van der Waals surface area contributed by atoms with Crippen LogP contribution in [0.5, 0.6) is 0 Å². The second-order valence-electron chi connectivity index (χ2n) is 6.73. The van der Waals surface area contributed by atoms with Gasteiger partial charge >= 0.3 is 5.97 Å². The molecule has 1 aliphatic carbocycles. The molecular formula is C20H26N2O2. The van der Waals surface area contributed by atoms with Gasteiger partial charge in [-0.3, -0.25) is 14.6 Å². The van der Waals surface area contributed by atoms with E-state index in [1.165, 1.54) is 11.1 Å². The lowest BCUT2D eigenvalue weighted by Gasteiger charge is -2.44. The molecule has 1 aromatic rings. The van der Waals surface area contributed by atoms with Crippen molar-refractivity contribution < 1.29 is 9.90 Å². The van der Waals surface area contributed by atoms with Gasteiger partial charge in [-0.15, -0.1) is 0 Å². The van der Waals surface area contributed by atoms with Crippen molar-refractivity contribution in [3.05, 3.63) is 59.7 Å². The molecule has 1 saturated heterocycles. The minimum absolute atomic E-state index is 0.135. The van der Waals surface area contributed by atoms with Crippen LogP contribution in [0.1, 0.15) is 31.4 Å². The second kappa shape index (κ2) is 7.77. The van der Waals surface area contributed by atoms with Gasteiger partial charge in [-0.1, -0.05) is 48.6 Å². The van der Waals surface area contributed by atoms with Gasteiger partial charge in [-0.05, 0) is 30.9 Å². The van der Waals surface area contributed by atoms with Crippen molar-refractivity contribution in [2.45, 2.75) is 31.8 Å². The van der Waals surface area contributed by atoms with Crippen LogP contribution in [-0.4, -0.2) is 53.1 Å². The maximum atomic E-state index is 11.0. The molecule has 2 aliphatic rings. The molecule has 0 amide bonds. The Morgan fingerprint density at radius 1 is 1.29 bits per heavy atom. The van der Waals surface area contributed by atoms with Gasteiger partial charge in [-0.25, -0.2) is 0 Å². The summed E-state index contributed by atoms with van der Waals surface area (Å²) in [5.41, 5.74) is 2.79. The molecule has 0 aromatic heterocycles. The Balaban J connectivity index is 1.81. The SMILES string of the molecule is C[C@H]1CN(C(C2=CC=CCC2)c2ccccc2)CCN1CC(=O)O. The molecule has 4 heteroatoms. The van der Waals surface area contributed by atoms with E-state index in [1.54, 1.807) is 0 Å². The molecule has 1 aromatic carbocycles. The molecule has 1 heterocycles. The minimum atomic E-state index is -0.741. The largest absolute Gasteiger partial charge is 0.480 e. The number of carboxylic acids is 1. The summed E-state index contributed by atoms with van der Waals surface area (Å²) in [5.74, 6) is -0.741. The summed E-state index contributed by atoms with van der Waals surface area (Å²) in [6.07, 6.45) is 8.84. The third-order valence-electron chi connectivity index (χ3n) is 5.01. The first kappa shape index (κ1) is 16.9. The molecule has 1 N–H and O–H groups in total. The Morgan fingerprint density at radius 2 is 2.08 bits per heavy atom. The average molecular weight is 326 g/mol. The zero-order chi connectivity index (χ0) is 16.9. The van der Waals surface area contributed by atoms with E-state index in [0.29, 0.717) is 6.04 Å². The number of allylic oxidation sites excluding steroid dienone is 3. The predicted molar refractivity (Wildman–Crippen MR) is 95.9 cm³/mol. The van der Waals surface area contributed by atoms with E-state index in [1.807, 2.05) is 0 Å². The molecule has 3 rings (SSSR count). The van der Waals surface area contributed by atoms with Crippen molar-refractivity contribution in [1.82, 2.24) is 9.80 Å². The van der Waals surface area contributed by atoms with Crippen LogP contribution in [0.25, 0.3) is 0 Å². The zero-order valence-corrected chi connectivity index (χ0v) is 14.3. The molecule has 24 heavy (non-hydrogen) atoms. The Hall–Kier alpha value is -1.91. The fraction of sp³-hybridized carbons (Fsp3) is 0.450. The fourth-order valence-corrected chi connectivity index (χ4v) is 3.81. The fourth-order valence-electron chi connectivity index (χ4n) is 3.81. The van der Waals surface area contributed by atoms with E-state index in [4.69, 9.17) is 5.11 Å². The zero-order valence-electron chi connectivity index (χ0n) is 14.3. The highest BCUT2D eigenvalue weighted by molar-refractivity contribution is 5.69. The summed E-state index contributed by atoms with van der Waals surface area (Å²) in [4.78, 5) is 15.6. The molecule has 128 valence electrons. The van der Waals surface area contributed by atoms with E-state index in [0.717, 1.165) is 32.5 Å². The normalized spacial score (nSPS) is 23.7. The number of hydrogen-bond acceptors (Lipinski definition) is 3. The van der Waals surface area contributed by atoms with E-state index in [-0.39, 0.29) is 12.6 Å². The third kappa shape index (κ3) is 3.94. The Morgan fingerprint density at radius 3 is 2.71 bits per heavy atom. The minimum Gasteiger partial charge on any atom is -0.480 e. The standard InChI is InChI=1S/C20H26N2O2/c1-16-14-22(13-12-21(16)15-19(23)24)20(17-8-4-2-5-9-17)18-10-6-3-7-11-18/h2-6,8-10,16,20H,7,11-15H2,1H3,(H,23,24)/t16-,20?/m0/s1. The van der Waals surface area contributed by atoms with Crippen molar-refractivity contribution in [1.29, 1.82) is 0 Å². The van der Waals surface area contributed by atoms with E-state index < -0.39 is 5.97 Å². The molecule has 2 atom stereocenters. The number of carbonyl (C=O) groups is 1. The van der Waals surface area contributed by atoms with Crippen molar-refractivity contribution in [3.63, 3.8) is 0 Å². The van der Waals surface area contributed by atoms with Crippen molar-refractivity contribution in [2.24, 2.45) is 0 Å². The van der Waals surface area contributed by atoms with E-state index >= 15 is 0 Å². The molecule has 4 nitrogen and oxygen atoms in total.